The Hall–Kier alpha value is -3.55. The number of hydrogen-bond donors (Lipinski definition) is 0. The van der Waals surface area contributed by atoms with Gasteiger partial charge in [-0.15, -0.1) is 0 Å². The zero-order chi connectivity index (χ0) is 20.2. The van der Waals surface area contributed by atoms with Gasteiger partial charge in [-0.2, -0.15) is 5.26 Å². The molecule has 0 saturated carbocycles. The predicted octanol–water partition coefficient (Wildman–Crippen LogP) is 5.87. The monoisotopic (exact) mass is 399 g/mol. The summed E-state index contributed by atoms with van der Waals surface area (Å²) in [5.74, 6) is 1.39. The van der Waals surface area contributed by atoms with Crippen LogP contribution in [-0.2, 0) is 13.7 Å². The molecule has 5 heteroatoms. The molecule has 29 heavy (non-hydrogen) atoms. The van der Waals surface area contributed by atoms with E-state index in [1.165, 1.54) is 0 Å². The van der Waals surface area contributed by atoms with Gasteiger partial charge in [0.15, 0.2) is 5.82 Å². The first kappa shape index (κ1) is 18.8. The number of aryl methyl sites for hydroxylation is 1. The molecule has 0 atom stereocenters. The van der Waals surface area contributed by atoms with Crippen molar-refractivity contribution in [2.45, 2.75) is 6.61 Å². The summed E-state index contributed by atoms with van der Waals surface area (Å²) in [6.07, 6.45) is 1.83. The molecule has 0 aliphatic heterocycles. The lowest BCUT2D eigenvalue weighted by Gasteiger charge is -2.08. The summed E-state index contributed by atoms with van der Waals surface area (Å²) >= 11 is 6.16. The van der Waals surface area contributed by atoms with Crippen molar-refractivity contribution in [2.24, 2.45) is 7.05 Å². The molecule has 0 aliphatic rings. The second-order valence-corrected chi connectivity index (χ2v) is 7.01. The Labute approximate surface area is 174 Å². The van der Waals surface area contributed by atoms with Gasteiger partial charge in [-0.1, -0.05) is 54.1 Å². The van der Waals surface area contributed by atoms with Gasteiger partial charge in [0.25, 0.3) is 0 Å². The lowest BCUT2D eigenvalue weighted by atomic mass is 10.1. The highest BCUT2D eigenvalue weighted by molar-refractivity contribution is 6.31. The second kappa shape index (κ2) is 8.22. The van der Waals surface area contributed by atoms with Crippen LogP contribution in [0.25, 0.3) is 22.7 Å². The Morgan fingerprint density at radius 1 is 1.07 bits per heavy atom. The zero-order valence-electron chi connectivity index (χ0n) is 15.8. The number of aromatic nitrogens is 2. The fourth-order valence-corrected chi connectivity index (χ4v) is 3.33. The van der Waals surface area contributed by atoms with Crippen LogP contribution in [0, 0.1) is 11.3 Å². The maximum Gasteiger partial charge on any atom is 0.151 e. The molecule has 0 aliphatic carbocycles. The molecule has 0 N–H and O–H groups in total. The standard InChI is InChI=1S/C24H18ClN3O/c1-28-23-9-5-4-8-22(23)27-24(28)19(15-26)14-17-10-12-20(13-11-17)29-16-18-6-2-3-7-21(18)25/h2-14H,16H2,1H3/b19-14+. The predicted molar refractivity (Wildman–Crippen MR) is 116 cm³/mol. The number of nitriles is 1. The Balaban J connectivity index is 1.54. The zero-order valence-corrected chi connectivity index (χ0v) is 16.6. The van der Waals surface area contributed by atoms with E-state index in [2.05, 4.69) is 11.1 Å². The third kappa shape index (κ3) is 4.01. The molecule has 0 fully saturated rings. The van der Waals surface area contributed by atoms with Gasteiger partial charge in [-0.3, -0.25) is 0 Å². The average molecular weight is 400 g/mol. The van der Waals surface area contributed by atoms with Crippen molar-refractivity contribution < 1.29 is 4.74 Å². The highest BCUT2D eigenvalue weighted by atomic mass is 35.5. The molecular formula is C24H18ClN3O. The third-order valence-electron chi connectivity index (χ3n) is 4.69. The molecule has 4 rings (SSSR count). The van der Waals surface area contributed by atoms with Crippen LogP contribution >= 0.6 is 11.6 Å². The first-order chi connectivity index (χ1) is 14.2. The molecule has 1 aromatic heterocycles. The van der Waals surface area contributed by atoms with E-state index in [1.807, 2.05) is 90.5 Å². The highest BCUT2D eigenvalue weighted by Crippen LogP contribution is 2.23. The third-order valence-corrected chi connectivity index (χ3v) is 5.06. The summed E-state index contributed by atoms with van der Waals surface area (Å²) in [4.78, 5) is 4.60. The Bertz CT molecular complexity index is 1230. The van der Waals surface area contributed by atoms with E-state index < -0.39 is 0 Å². The molecule has 0 amide bonds. The van der Waals surface area contributed by atoms with Gasteiger partial charge in [-0.25, -0.2) is 4.98 Å². The number of allylic oxidation sites excluding steroid dienone is 1. The molecular weight excluding hydrogens is 382 g/mol. The highest BCUT2D eigenvalue weighted by Gasteiger charge is 2.11. The molecule has 0 bridgehead atoms. The Morgan fingerprint density at radius 3 is 2.52 bits per heavy atom. The van der Waals surface area contributed by atoms with Gasteiger partial charge >= 0.3 is 0 Å². The first-order valence-electron chi connectivity index (χ1n) is 9.15. The lowest BCUT2D eigenvalue weighted by molar-refractivity contribution is 0.306. The van der Waals surface area contributed by atoms with Gasteiger partial charge in [0.1, 0.15) is 18.4 Å². The summed E-state index contributed by atoms with van der Waals surface area (Å²) in [5, 5.41) is 10.4. The minimum absolute atomic E-state index is 0.401. The van der Waals surface area contributed by atoms with E-state index in [0.29, 0.717) is 23.0 Å². The minimum atomic E-state index is 0.401. The van der Waals surface area contributed by atoms with Crippen molar-refractivity contribution in [3.05, 3.63) is 94.8 Å². The summed E-state index contributed by atoms with van der Waals surface area (Å²) in [5.41, 5.74) is 4.21. The Morgan fingerprint density at radius 2 is 1.79 bits per heavy atom. The fourth-order valence-electron chi connectivity index (χ4n) is 3.14. The van der Waals surface area contributed by atoms with Crippen molar-refractivity contribution >= 4 is 34.3 Å². The van der Waals surface area contributed by atoms with E-state index >= 15 is 0 Å². The molecule has 0 radical (unpaired) electrons. The number of imidazole rings is 1. The number of fused-ring (bicyclic) bond motifs is 1. The number of halogens is 1. The molecule has 1 heterocycles. The molecule has 0 unspecified atom stereocenters. The quantitative estimate of drug-likeness (QED) is 0.394. The van der Waals surface area contributed by atoms with Gasteiger partial charge in [0, 0.05) is 17.6 Å². The van der Waals surface area contributed by atoms with E-state index in [-0.39, 0.29) is 0 Å². The summed E-state index contributed by atoms with van der Waals surface area (Å²) in [6, 6.07) is 25.3. The Kier molecular flexibility index (Phi) is 5.33. The summed E-state index contributed by atoms with van der Waals surface area (Å²) < 4.78 is 7.75. The van der Waals surface area contributed by atoms with Crippen LogP contribution in [0.15, 0.2) is 72.8 Å². The van der Waals surface area contributed by atoms with Crippen LogP contribution in [0.1, 0.15) is 17.0 Å². The van der Waals surface area contributed by atoms with Crippen LogP contribution < -0.4 is 4.74 Å². The normalized spacial score (nSPS) is 11.4. The molecule has 3 aromatic carbocycles. The van der Waals surface area contributed by atoms with Crippen LogP contribution in [0.3, 0.4) is 0 Å². The summed E-state index contributed by atoms with van der Waals surface area (Å²) in [6.45, 7) is 0.401. The van der Waals surface area contributed by atoms with Crippen LogP contribution in [0.5, 0.6) is 5.75 Å². The van der Waals surface area contributed by atoms with E-state index in [4.69, 9.17) is 16.3 Å². The number of hydrogen-bond acceptors (Lipinski definition) is 3. The molecule has 142 valence electrons. The van der Waals surface area contributed by atoms with E-state index in [0.717, 1.165) is 27.9 Å². The van der Waals surface area contributed by atoms with Crippen molar-refractivity contribution in [1.82, 2.24) is 9.55 Å². The summed E-state index contributed by atoms with van der Waals surface area (Å²) in [7, 11) is 1.92. The average Bonchev–Trinajstić information content (AvgIpc) is 3.09. The second-order valence-electron chi connectivity index (χ2n) is 6.60. The lowest BCUT2D eigenvalue weighted by Crippen LogP contribution is -1.97. The number of para-hydroxylation sites is 2. The van der Waals surface area contributed by atoms with E-state index in [1.54, 1.807) is 0 Å². The van der Waals surface area contributed by atoms with Crippen molar-refractivity contribution in [3.63, 3.8) is 0 Å². The van der Waals surface area contributed by atoms with E-state index in [9.17, 15) is 5.26 Å². The van der Waals surface area contributed by atoms with Gasteiger partial charge in [0.2, 0.25) is 0 Å². The van der Waals surface area contributed by atoms with Crippen molar-refractivity contribution in [3.8, 4) is 11.8 Å². The molecule has 4 aromatic rings. The fraction of sp³-hybridized carbons (Fsp3) is 0.0833. The molecule has 0 spiro atoms. The van der Waals surface area contributed by atoms with Crippen LogP contribution in [0.4, 0.5) is 0 Å². The van der Waals surface area contributed by atoms with Crippen molar-refractivity contribution in [2.75, 3.05) is 0 Å². The number of ether oxygens (including phenoxy) is 1. The smallest absolute Gasteiger partial charge is 0.151 e. The first-order valence-corrected chi connectivity index (χ1v) is 9.53. The molecule has 0 saturated heterocycles. The van der Waals surface area contributed by atoms with Gasteiger partial charge in [0.05, 0.1) is 16.6 Å². The van der Waals surface area contributed by atoms with Gasteiger partial charge in [-0.05, 0) is 42.0 Å². The molecule has 4 nitrogen and oxygen atoms in total. The minimum Gasteiger partial charge on any atom is -0.489 e. The van der Waals surface area contributed by atoms with Gasteiger partial charge < -0.3 is 9.30 Å². The SMILES string of the molecule is Cn1c(/C(C#N)=C/c2ccc(OCc3ccccc3Cl)cc2)nc2ccccc21. The number of nitrogens with zero attached hydrogens (tertiary/aromatic N) is 3. The topological polar surface area (TPSA) is 50.8 Å². The van der Waals surface area contributed by atoms with Crippen LogP contribution in [-0.4, -0.2) is 9.55 Å². The largest absolute Gasteiger partial charge is 0.489 e. The number of rotatable bonds is 5. The number of benzene rings is 3. The van der Waals surface area contributed by atoms with Crippen molar-refractivity contribution in [1.29, 1.82) is 5.26 Å². The maximum absolute atomic E-state index is 9.67. The maximum atomic E-state index is 9.67. The van der Waals surface area contributed by atoms with Crippen LogP contribution in [0.2, 0.25) is 5.02 Å².